The summed E-state index contributed by atoms with van der Waals surface area (Å²) in [5.41, 5.74) is 1.76. The van der Waals surface area contributed by atoms with Gasteiger partial charge in [-0.1, -0.05) is 6.58 Å². The maximum absolute atomic E-state index is 13.2. The fourth-order valence-corrected chi connectivity index (χ4v) is 2.60. The highest BCUT2D eigenvalue weighted by atomic mass is 19.4. The van der Waals surface area contributed by atoms with Crippen LogP contribution in [0.15, 0.2) is 61.4 Å². The number of ether oxygens (including phenoxy) is 2. The molecule has 0 atom stereocenters. The van der Waals surface area contributed by atoms with E-state index in [2.05, 4.69) is 21.9 Å². The van der Waals surface area contributed by atoms with Crippen LogP contribution < -0.4 is 10.1 Å². The molecule has 2 aromatic heterocycles. The minimum atomic E-state index is -4.58. The van der Waals surface area contributed by atoms with Crippen molar-refractivity contribution in [2.45, 2.75) is 13.1 Å². The van der Waals surface area contributed by atoms with E-state index in [9.17, 15) is 13.2 Å². The van der Waals surface area contributed by atoms with Crippen molar-refractivity contribution in [2.75, 3.05) is 12.4 Å². The second kappa shape index (κ2) is 8.22. The van der Waals surface area contributed by atoms with Gasteiger partial charge in [0.1, 0.15) is 17.1 Å². The minimum absolute atomic E-state index is 0.163. The van der Waals surface area contributed by atoms with Gasteiger partial charge in [0.25, 0.3) is 0 Å². The molecule has 0 unspecified atom stereocenters. The lowest BCUT2D eigenvalue weighted by Gasteiger charge is -2.17. The fraction of sp³-hybridized carbons (Fsp3) is 0.143. The Morgan fingerprint density at radius 3 is 2.45 bits per heavy atom. The normalized spacial score (nSPS) is 11.1. The first-order chi connectivity index (χ1) is 13.8. The second-order valence-electron chi connectivity index (χ2n) is 6.05. The highest BCUT2D eigenvalue weighted by molar-refractivity contribution is 5.77. The molecule has 150 valence electrons. The first-order valence-electron chi connectivity index (χ1n) is 8.55. The number of alkyl halides is 3. The van der Waals surface area contributed by atoms with Crippen molar-refractivity contribution in [3.05, 3.63) is 78.3 Å². The number of methoxy groups -OCH3 is 1. The number of hydrogen-bond donors (Lipinski definition) is 1. The van der Waals surface area contributed by atoms with E-state index in [1.165, 1.54) is 31.5 Å². The Bertz CT molecular complexity index is 1040. The van der Waals surface area contributed by atoms with Gasteiger partial charge >= 0.3 is 6.18 Å². The third-order valence-corrected chi connectivity index (χ3v) is 4.11. The van der Waals surface area contributed by atoms with Gasteiger partial charge in [0.05, 0.1) is 18.5 Å². The molecule has 5 nitrogen and oxygen atoms in total. The molecule has 0 spiro atoms. The largest absolute Gasteiger partial charge is 0.497 e. The quantitative estimate of drug-likeness (QED) is 0.517. The predicted molar refractivity (Wildman–Crippen MR) is 104 cm³/mol. The number of halogens is 3. The van der Waals surface area contributed by atoms with Crippen LogP contribution >= 0.6 is 0 Å². The van der Waals surface area contributed by atoms with Crippen LogP contribution in [-0.4, -0.2) is 17.1 Å². The van der Waals surface area contributed by atoms with Gasteiger partial charge in [0, 0.05) is 23.6 Å². The van der Waals surface area contributed by atoms with Crippen LogP contribution in [0.25, 0.3) is 5.76 Å². The molecule has 0 saturated heterocycles. The van der Waals surface area contributed by atoms with Crippen molar-refractivity contribution in [3.8, 4) is 11.6 Å². The highest BCUT2D eigenvalue weighted by Gasteiger charge is 2.35. The molecule has 0 radical (unpaired) electrons. The second-order valence-corrected chi connectivity index (χ2v) is 6.05. The zero-order valence-electron chi connectivity index (χ0n) is 15.7. The molecular formula is C21H18F3N3O2. The monoisotopic (exact) mass is 401 g/mol. The molecule has 0 bridgehead atoms. The maximum Gasteiger partial charge on any atom is 0.421 e. The molecule has 1 aromatic carbocycles. The molecule has 8 heteroatoms. The maximum atomic E-state index is 13.2. The van der Waals surface area contributed by atoms with E-state index in [4.69, 9.17) is 9.47 Å². The summed E-state index contributed by atoms with van der Waals surface area (Å²) in [5.74, 6) is -0.0507. The SMILES string of the molecule is C=C(OC)c1cc(Oc2ncccc2C(F)(F)F)ccc1Nc1cccnc1C. The topological polar surface area (TPSA) is 56.3 Å². The summed E-state index contributed by atoms with van der Waals surface area (Å²) in [6.45, 7) is 5.70. The zero-order valence-corrected chi connectivity index (χ0v) is 15.7. The van der Waals surface area contributed by atoms with E-state index in [0.29, 0.717) is 17.0 Å². The van der Waals surface area contributed by atoms with Gasteiger partial charge in [0.15, 0.2) is 0 Å². The van der Waals surface area contributed by atoms with Gasteiger partial charge in [-0.25, -0.2) is 4.98 Å². The summed E-state index contributed by atoms with van der Waals surface area (Å²) < 4.78 is 50.2. The Hall–Kier alpha value is -3.55. The summed E-state index contributed by atoms with van der Waals surface area (Å²) in [7, 11) is 1.45. The van der Waals surface area contributed by atoms with Gasteiger partial charge in [-0.05, 0) is 49.4 Å². The number of benzene rings is 1. The molecule has 0 aliphatic carbocycles. The molecule has 0 amide bonds. The van der Waals surface area contributed by atoms with Crippen LogP contribution in [0.2, 0.25) is 0 Å². The average Bonchev–Trinajstić information content (AvgIpc) is 2.69. The van der Waals surface area contributed by atoms with Crippen LogP contribution in [0.1, 0.15) is 16.8 Å². The summed E-state index contributed by atoms with van der Waals surface area (Å²) in [6.07, 6.45) is -1.67. The van der Waals surface area contributed by atoms with Crippen molar-refractivity contribution in [1.82, 2.24) is 9.97 Å². The summed E-state index contributed by atoms with van der Waals surface area (Å²) in [4.78, 5) is 7.94. The number of nitrogens with zero attached hydrogens (tertiary/aromatic N) is 2. The first-order valence-corrected chi connectivity index (χ1v) is 8.55. The Labute approximate surface area is 165 Å². The van der Waals surface area contributed by atoms with Crippen molar-refractivity contribution in [2.24, 2.45) is 0 Å². The third-order valence-electron chi connectivity index (χ3n) is 4.11. The fourth-order valence-electron chi connectivity index (χ4n) is 2.60. The molecule has 29 heavy (non-hydrogen) atoms. The molecule has 0 fully saturated rings. The van der Waals surface area contributed by atoms with E-state index in [1.54, 1.807) is 18.3 Å². The Balaban J connectivity index is 1.97. The van der Waals surface area contributed by atoms with E-state index in [1.807, 2.05) is 13.0 Å². The molecule has 0 saturated carbocycles. The van der Waals surface area contributed by atoms with Crippen molar-refractivity contribution in [3.63, 3.8) is 0 Å². The summed E-state index contributed by atoms with van der Waals surface area (Å²) in [6, 6.07) is 10.5. The summed E-state index contributed by atoms with van der Waals surface area (Å²) in [5, 5.41) is 3.23. The molecule has 3 rings (SSSR count). The van der Waals surface area contributed by atoms with Crippen LogP contribution in [0.3, 0.4) is 0 Å². The standard InChI is InChI=1S/C21H18F3N3O2/c1-13-18(7-5-10-25-13)27-19-9-8-15(12-16(19)14(2)28-3)29-20-17(21(22,23)24)6-4-11-26-20/h4-12,27H,2H2,1,3H3. The van der Waals surface area contributed by atoms with Gasteiger partial charge in [-0.2, -0.15) is 13.2 Å². The van der Waals surface area contributed by atoms with Crippen molar-refractivity contribution in [1.29, 1.82) is 0 Å². The average molecular weight is 401 g/mol. The number of pyridine rings is 2. The van der Waals surface area contributed by atoms with Crippen LogP contribution in [0.4, 0.5) is 24.5 Å². The molecule has 3 aromatic rings. The van der Waals surface area contributed by atoms with Crippen LogP contribution in [0, 0.1) is 6.92 Å². The highest BCUT2D eigenvalue weighted by Crippen LogP contribution is 2.38. The van der Waals surface area contributed by atoms with E-state index >= 15 is 0 Å². The van der Waals surface area contributed by atoms with Gasteiger partial charge in [-0.15, -0.1) is 0 Å². The molecule has 0 aliphatic rings. The van der Waals surface area contributed by atoms with Crippen LogP contribution in [0.5, 0.6) is 11.6 Å². The van der Waals surface area contributed by atoms with Gasteiger partial charge < -0.3 is 14.8 Å². The molecule has 0 aliphatic heterocycles. The van der Waals surface area contributed by atoms with Gasteiger partial charge in [0.2, 0.25) is 5.88 Å². The first kappa shape index (κ1) is 20.2. The predicted octanol–water partition coefficient (Wildman–Crippen LogP) is 5.96. The number of hydrogen-bond acceptors (Lipinski definition) is 5. The Morgan fingerprint density at radius 1 is 1.03 bits per heavy atom. The zero-order chi connectivity index (χ0) is 21.0. The lowest BCUT2D eigenvalue weighted by molar-refractivity contribution is -0.138. The van der Waals surface area contributed by atoms with Crippen LogP contribution in [-0.2, 0) is 10.9 Å². The number of aryl methyl sites for hydroxylation is 1. The number of anilines is 2. The van der Waals surface area contributed by atoms with Crippen molar-refractivity contribution >= 4 is 17.1 Å². The molecule has 2 heterocycles. The Morgan fingerprint density at radius 2 is 1.76 bits per heavy atom. The summed E-state index contributed by atoms with van der Waals surface area (Å²) >= 11 is 0. The van der Waals surface area contributed by atoms with E-state index in [-0.39, 0.29) is 5.75 Å². The third kappa shape index (κ3) is 4.66. The van der Waals surface area contributed by atoms with Crippen molar-refractivity contribution < 1.29 is 22.6 Å². The molecule has 1 N–H and O–H groups in total. The lowest BCUT2D eigenvalue weighted by Crippen LogP contribution is -2.08. The Kier molecular flexibility index (Phi) is 5.72. The van der Waals surface area contributed by atoms with Gasteiger partial charge in [-0.3, -0.25) is 4.98 Å². The minimum Gasteiger partial charge on any atom is -0.497 e. The molecular weight excluding hydrogens is 383 g/mol. The smallest absolute Gasteiger partial charge is 0.421 e. The number of nitrogens with one attached hydrogen (secondary N) is 1. The van der Waals surface area contributed by atoms with E-state index in [0.717, 1.165) is 17.4 Å². The van der Waals surface area contributed by atoms with E-state index < -0.39 is 17.6 Å². The lowest BCUT2D eigenvalue weighted by atomic mass is 10.1. The number of aromatic nitrogens is 2. The number of rotatable bonds is 6.